The van der Waals surface area contributed by atoms with Gasteiger partial charge in [0.2, 0.25) is 0 Å². The first-order valence-electron chi connectivity index (χ1n) is 3.30. The highest BCUT2D eigenvalue weighted by molar-refractivity contribution is 8.25. The third kappa shape index (κ3) is 2.06. The molecule has 0 N–H and O–H groups in total. The van der Waals surface area contributed by atoms with Crippen molar-refractivity contribution >= 4 is 10.8 Å². The Kier molecular flexibility index (Phi) is 2.90. The summed E-state index contributed by atoms with van der Waals surface area (Å²) >= 11 is 0. The van der Waals surface area contributed by atoms with Gasteiger partial charge in [-0.2, -0.15) is 13.0 Å². The molecule has 0 radical (unpaired) electrons. The van der Waals surface area contributed by atoms with Gasteiger partial charge >= 0.3 is 0 Å². The van der Waals surface area contributed by atoms with Crippen molar-refractivity contribution in [1.82, 2.24) is 0 Å². The molecule has 0 fully saturated rings. The Bertz CT molecular complexity index is 178. The van der Waals surface area contributed by atoms with E-state index in [9.17, 15) is 7.77 Å². The summed E-state index contributed by atoms with van der Waals surface area (Å²) in [6, 6.07) is 1.85. The van der Waals surface area contributed by atoms with E-state index in [4.69, 9.17) is 5.26 Å². The van der Waals surface area contributed by atoms with Gasteiger partial charge in [0.25, 0.3) is 0 Å². The van der Waals surface area contributed by atoms with Gasteiger partial charge in [-0.05, 0) is 20.8 Å². The molecule has 0 aliphatic rings. The Morgan fingerprint density at radius 3 is 1.91 bits per heavy atom. The predicted octanol–water partition coefficient (Wildman–Crippen LogP) is 3.13. The molecule has 0 spiro atoms. The first kappa shape index (κ1) is 10.7. The molecule has 0 heterocycles. The molecule has 66 valence electrons. The van der Waals surface area contributed by atoms with Crippen LogP contribution in [0.25, 0.3) is 0 Å². The summed E-state index contributed by atoms with van der Waals surface area (Å²) in [6.07, 6.45) is 0.931. The first-order chi connectivity index (χ1) is 4.73. The molecular weight excluding hydrogens is 168 g/mol. The van der Waals surface area contributed by atoms with Gasteiger partial charge in [0, 0.05) is 6.26 Å². The van der Waals surface area contributed by atoms with E-state index in [1.807, 2.05) is 6.07 Å². The van der Waals surface area contributed by atoms with Crippen molar-refractivity contribution in [3.8, 4) is 6.07 Å². The lowest BCUT2D eigenvalue weighted by atomic mass is 9.99. The average molecular weight is 181 g/mol. The standard InChI is InChI=1S/C7H13F2NS/c1-6(5-10)7(2,3)11(4,8)9/h6H,1-4H3. The first-order valence-corrected chi connectivity index (χ1v) is 5.14. The molecule has 4 heteroatoms. The van der Waals surface area contributed by atoms with Crippen molar-refractivity contribution in [1.29, 1.82) is 5.26 Å². The minimum atomic E-state index is -3.64. The van der Waals surface area contributed by atoms with Crippen molar-refractivity contribution in [3.63, 3.8) is 0 Å². The third-order valence-corrected chi connectivity index (χ3v) is 4.36. The van der Waals surface area contributed by atoms with Gasteiger partial charge in [-0.3, -0.25) is 0 Å². The molecule has 0 aliphatic carbocycles. The Hall–Kier alpha value is -0.300. The molecule has 0 saturated heterocycles. The van der Waals surface area contributed by atoms with Crippen LogP contribution in [-0.4, -0.2) is 11.0 Å². The molecule has 0 aromatic carbocycles. The zero-order valence-electron chi connectivity index (χ0n) is 7.19. The van der Waals surface area contributed by atoms with Gasteiger partial charge in [-0.25, -0.2) is 0 Å². The lowest BCUT2D eigenvalue weighted by molar-refractivity contribution is 0.512. The minimum Gasteiger partial charge on any atom is -0.198 e. The molecule has 0 saturated carbocycles. The number of rotatable bonds is 2. The summed E-state index contributed by atoms with van der Waals surface area (Å²) in [4.78, 5) is 0. The molecule has 0 aromatic heterocycles. The fourth-order valence-electron chi connectivity index (χ4n) is 0.466. The highest BCUT2D eigenvalue weighted by atomic mass is 32.3. The lowest BCUT2D eigenvalue weighted by Crippen LogP contribution is -2.30. The van der Waals surface area contributed by atoms with Crippen molar-refractivity contribution < 1.29 is 7.77 Å². The molecule has 1 nitrogen and oxygen atoms in total. The molecule has 0 bridgehead atoms. The maximum absolute atomic E-state index is 12.9. The molecule has 1 atom stereocenters. The number of nitriles is 1. The van der Waals surface area contributed by atoms with Gasteiger partial charge in [-0.15, -0.1) is 0 Å². The smallest absolute Gasteiger partial charge is 0.0668 e. The van der Waals surface area contributed by atoms with Crippen LogP contribution in [0.5, 0.6) is 0 Å². The van der Waals surface area contributed by atoms with Crippen LogP contribution in [0.15, 0.2) is 0 Å². The Morgan fingerprint density at radius 2 is 1.82 bits per heavy atom. The topological polar surface area (TPSA) is 23.8 Å². The van der Waals surface area contributed by atoms with Crippen molar-refractivity contribution in [2.75, 3.05) is 6.26 Å². The SMILES string of the molecule is CC(C#N)C(C)(C)S(C)(F)F. The fraction of sp³-hybridized carbons (Fsp3) is 0.857. The molecule has 1 unspecified atom stereocenters. The minimum absolute atomic E-state index is 0.600. The van der Waals surface area contributed by atoms with Crippen molar-refractivity contribution in [2.45, 2.75) is 25.5 Å². The second-order valence-corrected chi connectivity index (χ2v) is 5.68. The van der Waals surface area contributed by atoms with Gasteiger partial charge in [0.05, 0.1) is 27.5 Å². The number of hydrogen-bond acceptors (Lipinski definition) is 1. The Labute approximate surface area is 68.3 Å². The normalized spacial score (nSPS) is 17.2. The Morgan fingerprint density at radius 1 is 1.45 bits per heavy atom. The van der Waals surface area contributed by atoms with Gasteiger partial charge in [0.1, 0.15) is 0 Å². The van der Waals surface area contributed by atoms with Crippen molar-refractivity contribution in [3.05, 3.63) is 0 Å². The lowest BCUT2D eigenvalue weighted by Gasteiger charge is -2.36. The van der Waals surface area contributed by atoms with Gasteiger partial charge < -0.3 is 0 Å². The summed E-state index contributed by atoms with van der Waals surface area (Å²) < 4.78 is 24.6. The Balaban J connectivity index is 4.62. The molecule has 0 amide bonds. The maximum Gasteiger partial charge on any atom is 0.0668 e. The summed E-state index contributed by atoms with van der Waals surface area (Å²) in [6.45, 7) is 4.41. The number of hydrogen-bond donors (Lipinski definition) is 0. The molecule has 0 aliphatic heterocycles. The predicted molar refractivity (Wildman–Crippen MR) is 44.6 cm³/mol. The van der Waals surface area contributed by atoms with E-state index in [-0.39, 0.29) is 0 Å². The van der Waals surface area contributed by atoms with Crippen LogP contribution in [0.1, 0.15) is 20.8 Å². The van der Waals surface area contributed by atoms with E-state index in [0.29, 0.717) is 0 Å². The maximum atomic E-state index is 12.9. The highest BCUT2D eigenvalue weighted by Crippen LogP contribution is 2.61. The van der Waals surface area contributed by atoms with E-state index in [0.717, 1.165) is 6.26 Å². The second-order valence-electron chi connectivity index (χ2n) is 3.18. The fourth-order valence-corrected chi connectivity index (χ4v) is 1.14. The van der Waals surface area contributed by atoms with Crippen LogP contribution in [0.4, 0.5) is 7.77 Å². The summed E-state index contributed by atoms with van der Waals surface area (Å²) in [5.41, 5.74) is 0. The van der Waals surface area contributed by atoms with E-state index < -0.39 is 21.5 Å². The molecular formula is C7H13F2NS. The van der Waals surface area contributed by atoms with Crippen LogP contribution < -0.4 is 0 Å². The zero-order valence-corrected chi connectivity index (χ0v) is 8.01. The highest BCUT2D eigenvalue weighted by Gasteiger charge is 2.42. The van der Waals surface area contributed by atoms with Crippen LogP contribution in [0, 0.1) is 17.2 Å². The van der Waals surface area contributed by atoms with E-state index in [1.165, 1.54) is 20.8 Å². The van der Waals surface area contributed by atoms with Crippen molar-refractivity contribution in [2.24, 2.45) is 5.92 Å². The van der Waals surface area contributed by atoms with Crippen LogP contribution in [0.2, 0.25) is 0 Å². The summed E-state index contributed by atoms with van der Waals surface area (Å²) in [7, 11) is -3.64. The monoisotopic (exact) mass is 181 g/mol. The molecule has 0 aromatic rings. The molecule has 11 heavy (non-hydrogen) atoms. The largest absolute Gasteiger partial charge is 0.198 e. The average Bonchev–Trinajstić information content (AvgIpc) is 1.83. The molecule has 0 rings (SSSR count). The third-order valence-electron chi connectivity index (χ3n) is 2.16. The quantitative estimate of drug-likeness (QED) is 0.642. The van der Waals surface area contributed by atoms with Crippen LogP contribution in [0.3, 0.4) is 0 Å². The number of halogens is 2. The van der Waals surface area contributed by atoms with Crippen LogP contribution >= 0.6 is 10.8 Å². The van der Waals surface area contributed by atoms with Gasteiger partial charge in [-0.1, -0.05) is 0 Å². The second kappa shape index (κ2) is 2.98. The van der Waals surface area contributed by atoms with Crippen LogP contribution in [-0.2, 0) is 0 Å². The van der Waals surface area contributed by atoms with E-state index in [1.54, 1.807) is 0 Å². The number of nitrogens with zero attached hydrogens (tertiary/aromatic N) is 1. The summed E-state index contributed by atoms with van der Waals surface area (Å²) in [5, 5.41) is 8.46. The van der Waals surface area contributed by atoms with Gasteiger partial charge in [0.15, 0.2) is 0 Å². The van der Waals surface area contributed by atoms with E-state index >= 15 is 0 Å². The summed E-state index contributed by atoms with van der Waals surface area (Å²) in [5.74, 6) is -0.600. The van der Waals surface area contributed by atoms with E-state index in [2.05, 4.69) is 0 Å². The zero-order chi connectivity index (χ0) is 9.28.